The van der Waals surface area contributed by atoms with E-state index in [0.29, 0.717) is 10.6 Å². The highest BCUT2D eigenvalue weighted by Crippen LogP contribution is 2.23. The molecule has 1 fully saturated rings. The third-order valence-corrected chi connectivity index (χ3v) is 2.76. The average molecular weight is 223 g/mol. The first-order valence-electron chi connectivity index (χ1n) is 4.83. The van der Waals surface area contributed by atoms with Crippen molar-refractivity contribution >= 4 is 17.3 Å². The maximum absolute atomic E-state index is 8.75. The van der Waals surface area contributed by atoms with Crippen LogP contribution in [0.5, 0.6) is 0 Å². The van der Waals surface area contributed by atoms with Gasteiger partial charge < -0.3 is 9.64 Å². The number of morpholine rings is 1. The molecule has 1 saturated heterocycles. The van der Waals surface area contributed by atoms with Crippen LogP contribution < -0.4 is 4.90 Å². The Balaban J connectivity index is 2.22. The molecular weight excluding hydrogens is 212 g/mol. The van der Waals surface area contributed by atoms with Crippen LogP contribution in [0.4, 0.5) is 5.69 Å². The van der Waals surface area contributed by atoms with E-state index in [-0.39, 0.29) is 0 Å². The Hall–Kier alpha value is -1.24. The maximum atomic E-state index is 8.75. The molecule has 0 saturated carbocycles. The second-order valence-corrected chi connectivity index (χ2v) is 3.78. The summed E-state index contributed by atoms with van der Waals surface area (Å²) in [5.74, 6) is 0. The van der Waals surface area contributed by atoms with Gasteiger partial charge in [0.05, 0.1) is 23.8 Å². The Morgan fingerprint density at radius 1 is 1.33 bits per heavy atom. The highest BCUT2D eigenvalue weighted by Gasteiger charge is 2.12. The molecule has 15 heavy (non-hydrogen) atoms. The van der Waals surface area contributed by atoms with Crippen molar-refractivity contribution in [3.05, 3.63) is 28.8 Å². The van der Waals surface area contributed by atoms with E-state index in [4.69, 9.17) is 21.6 Å². The van der Waals surface area contributed by atoms with Crippen LogP contribution in [0.1, 0.15) is 5.56 Å². The zero-order valence-electron chi connectivity index (χ0n) is 8.24. The molecule has 0 bridgehead atoms. The molecule has 1 aliphatic heterocycles. The summed E-state index contributed by atoms with van der Waals surface area (Å²) in [6.07, 6.45) is 0. The van der Waals surface area contributed by atoms with Crippen LogP contribution in [-0.4, -0.2) is 26.3 Å². The van der Waals surface area contributed by atoms with E-state index in [0.717, 1.165) is 32.0 Å². The molecule has 0 aromatic heterocycles. The molecular formula is C11H11ClN2O. The average Bonchev–Trinajstić information content (AvgIpc) is 2.30. The van der Waals surface area contributed by atoms with Crippen LogP contribution in [0.15, 0.2) is 18.2 Å². The molecule has 0 aliphatic carbocycles. The Kier molecular flexibility index (Phi) is 3.10. The molecule has 4 heteroatoms. The van der Waals surface area contributed by atoms with Gasteiger partial charge in [-0.1, -0.05) is 11.6 Å². The molecule has 0 amide bonds. The third-order valence-electron chi connectivity index (χ3n) is 2.45. The molecule has 0 unspecified atom stereocenters. The number of benzene rings is 1. The fourth-order valence-corrected chi connectivity index (χ4v) is 1.83. The summed E-state index contributed by atoms with van der Waals surface area (Å²) in [4.78, 5) is 2.20. The van der Waals surface area contributed by atoms with Crippen molar-refractivity contribution in [1.29, 1.82) is 5.26 Å². The van der Waals surface area contributed by atoms with Crippen LogP contribution in [0.3, 0.4) is 0 Å². The SMILES string of the molecule is N#Cc1ccc(N2CCOCC2)cc1Cl. The van der Waals surface area contributed by atoms with E-state index in [1.54, 1.807) is 6.07 Å². The van der Waals surface area contributed by atoms with Crippen molar-refractivity contribution in [1.82, 2.24) is 0 Å². The predicted octanol–water partition coefficient (Wildman–Crippen LogP) is 2.05. The lowest BCUT2D eigenvalue weighted by molar-refractivity contribution is 0.122. The zero-order chi connectivity index (χ0) is 10.7. The molecule has 0 atom stereocenters. The summed E-state index contributed by atoms with van der Waals surface area (Å²) in [6.45, 7) is 3.25. The van der Waals surface area contributed by atoms with Gasteiger partial charge >= 0.3 is 0 Å². The van der Waals surface area contributed by atoms with Gasteiger partial charge in [0.25, 0.3) is 0 Å². The number of anilines is 1. The number of halogens is 1. The molecule has 0 radical (unpaired) electrons. The molecule has 0 N–H and O–H groups in total. The lowest BCUT2D eigenvalue weighted by Gasteiger charge is -2.29. The van der Waals surface area contributed by atoms with Gasteiger partial charge in [-0.25, -0.2) is 0 Å². The maximum Gasteiger partial charge on any atom is 0.101 e. The minimum atomic E-state index is 0.515. The molecule has 1 heterocycles. The number of ether oxygens (including phenoxy) is 1. The molecule has 78 valence electrons. The van der Waals surface area contributed by atoms with Crippen molar-refractivity contribution in [2.24, 2.45) is 0 Å². The number of nitriles is 1. The fourth-order valence-electron chi connectivity index (χ4n) is 1.61. The predicted molar refractivity (Wildman–Crippen MR) is 59.2 cm³/mol. The fraction of sp³-hybridized carbons (Fsp3) is 0.364. The van der Waals surface area contributed by atoms with Crippen LogP contribution in [0.25, 0.3) is 0 Å². The lowest BCUT2D eigenvalue weighted by atomic mass is 10.2. The van der Waals surface area contributed by atoms with Crippen molar-refractivity contribution in [3.8, 4) is 6.07 Å². The Labute approximate surface area is 93.8 Å². The highest BCUT2D eigenvalue weighted by molar-refractivity contribution is 6.32. The lowest BCUT2D eigenvalue weighted by Crippen LogP contribution is -2.36. The number of nitrogens with zero attached hydrogens (tertiary/aromatic N) is 2. The monoisotopic (exact) mass is 222 g/mol. The molecule has 1 aromatic rings. The second-order valence-electron chi connectivity index (χ2n) is 3.38. The summed E-state index contributed by atoms with van der Waals surface area (Å²) in [5.41, 5.74) is 1.58. The summed E-state index contributed by atoms with van der Waals surface area (Å²) in [6, 6.07) is 7.57. The molecule has 0 spiro atoms. The summed E-state index contributed by atoms with van der Waals surface area (Å²) >= 11 is 5.97. The molecule has 1 aliphatic rings. The first-order chi connectivity index (χ1) is 7.31. The minimum absolute atomic E-state index is 0.515. The summed E-state index contributed by atoms with van der Waals surface area (Å²) in [5, 5.41) is 9.27. The normalized spacial score (nSPS) is 16.1. The summed E-state index contributed by atoms with van der Waals surface area (Å²) in [7, 11) is 0. The largest absolute Gasteiger partial charge is 0.378 e. The minimum Gasteiger partial charge on any atom is -0.378 e. The van der Waals surface area contributed by atoms with E-state index in [9.17, 15) is 0 Å². The Morgan fingerprint density at radius 3 is 2.67 bits per heavy atom. The smallest absolute Gasteiger partial charge is 0.101 e. The molecule has 1 aromatic carbocycles. The van der Waals surface area contributed by atoms with E-state index < -0.39 is 0 Å². The van der Waals surface area contributed by atoms with Gasteiger partial charge in [-0.3, -0.25) is 0 Å². The quantitative estimate of drug-likeness (QED) is 0.730. The van der Waals surface area contributed by atoms with Crippen molar-refractivity contribution in [2.45, 2.75) is 0 Å². The molecule has 2 rings (SSSR count). The zero-order valence-corrected chi connectivity index (χ0v) is 9.00. The van der Waals surface area contributed by atoms with Gasteiger partial charge in [0, 0.05) is 18.8 Å². The highest BCUT2D eigenvalue weighted by atomic mass is 35.5. The molecule has 3 nitrogen and oxygen atoms in total. The standard InChI is InChI=1S/C11H11ClN2O/c12-11-7-10(2-1-9(11)8-13)14-3-5-15-6-4-14/h1-2,7H,3-6H2. The second kappa shape index (κ2) is 4.52. The van der Waals surface area contributed by atoms with Gasteiger partial charge in [0.2, 0.25) is 0 Å². The van der Waals surface area contributed by atoms with Crippen molar-refractivity contribution in [3.63, 3.8) is 0 Å². The van der Waals surface area contributed by atoms with Gasteiger partial charge in [0.1, 0.15) is 6.07 Å². The van der Waals surface area contributed by atoms with Crippen LogP contribution >= 0.6 is 11.6 Å². The first-order valence-corrected chi connectivity index (χ1v) is 5.21. The number of hydrogen-bond donors (Lipinski definition) is 0. The Bertz CT molecular complexity index is 394. The van der Waals surface area contributed by atoms with Gasteiger partial charge in [0.15, 0.2) is 0 Å². The van der Waals surface area contributed by atoms with Crippen LogP contribution in [0, 0.1) is 11.3 Å². The first kappa shape index (κ1) is 10.3. The van der Waals surface area contributed by atoms with E-state index in [1.165, 1.54) is 0 Å². The van der Waals surface area contributed by atoms with Gasteiger partial charge in [-0.05, 0) is 18.2 Å². The van der Waals surface area contributed by atoms with Crippen LogP contribution in [0.2, 0.25) is 5.02 Å². The van der Waals surface area contributed by atoms with Crippen molar-refractivity contribution in [2.75, 3.05) is 31.2 Å². The van der Waals surface area contributed by atoms with Gasteiger partial charge in [-0.15, -0.1) is 0 Å². The topological polar surface area (TPSA) is 36.3 Å². The van der Waals surface area contributed by atoms with Gasteiger partial charge in [-0.2, -0.15) is 5.26 Å². The number of rotatable bonds is 1. The van der Waals surface area contributed by atoms with E-state index in [1.807, 2.05) is 12.1 Å². The number of hydrogen-bond acceptors (Lipinski definition) is 3. The van der Waals surface area contributed by atoms with E-state index >= 15 is 0 Å². The van der Waals surface area contributed by atoms with Crippen LogP contribution in [-0.2, 0) is 4.74 Å². The summed E-state index contributed by atoms with van der Waals surface area (Å²) < 4.78 is 5.27. The Morgan fingerprint density at radius 2 is 2.07 bits per heavy atom. The van der Waals surface area contributed by atoms with E-state index in [2.05, 4.69) is 11.0 Å². The third kappa shape index (κ3) is 2.23. The van der Waals surface area contributed by atoms with Crippen molar-refractivity contribution < 1.29 is 4.74 Å².